The van der Waals surface area contributed by atoms with Gasteiger partial charge in [0.05, 0.1) is 11.7 Å². The van der Waals surface area contributed by atoms with Crippen molar-refractivity contribution < 1.29 is 4.79 Å². The van der Waals surface area contributed by atoms with E-state index in [2.05, 4.69) is 16.1 Å². The number of para-hydroxylation sites is 1. The van der Waals surface area contributed by atoms with Gasteiger partial charge in [0, 0.05) is 42.3 Å². The van der Waals surface area contributed by atoms with Crippen LogP contribution in [0.2, 0.25) is 5.02 Å². The number of fused-ring (bicyclic) bond motifs is 1. The molecule has 3 aromatic rings. The van der Waals surface area contributed by atoms with Crippen LogP contribution in [0.15, 0.2) is 54.7 Å². The highest BCUT2D eigenvalue weighted by molar-refractivity contribution is 6.30. The normalized spacial score (nSPS) is 15.9. The monoisotopic (exact) mass is 382 g/mol. The number of carbonyl (C=O) groups is 1. The van der Waals surface area contributed by atoms with Gasteiger partial charge in [-0.1, -0.05) is 42.8 Å². The van der Waals surface area contributed by atoms with Crippen molar-refractivity contribution in [2.24, 2.45) is 0 Å². The van der Waals surface area contributed by atoms with Gasteiger partial charge < -0.3 is 9.80 Å². The third-order valence-corrected chi connectivity index (χ3v) is 5.47. The van der Waals surface area contributed by atoms with Crippen molar-refractivity contribution >= 4 is 34.1 Å². The smallest absolute Gasteiger partial charge is 0.247 e. The number of halogens is 1. The Balaban J connectivity index is 1.48. The van der Waals surface area contributed by atoms with Crippen molar-refractivity contribution in [1.29, 1.82) is 0 Å². The van der Waals surface area contributed by atoms with Crippen LogP contribution in [0.4, 0.5) is 5.69 Å². The summed E-state index contributed by atoms with van der Waals surface area (Å²) in [5, 5.41) is 6.30. The van der Waals surface area contributed by atoms with E-state index >= 15 is 0 Å². The Labute approximate surface area is 164 Å². The fourth-order valence-corrected chi connectivity index (χ4v) is 3.95. The van der Waals surface area contributed by atoms with Gasteiger partial charge in [0.25, 0.3) is 0 Å². The number of hydrogen-bond acceptors (Lipinski definition) is 3. The molecule has 6 heteroatoms. The molecule has 1 aromatic heterocycles. The molecular formula is C21H23ClN4O. The Kier molecular flexibility index (Phi) is 5.03. The first-order chi connectivity index (χ1) is 13.2. The fourth-order valence-electron chi connectivity index (χ4n) is 3.76. The number of nitrogens with zero attached hydrogens (tertiary/aromatic N) is 4. The molecule has 0 spiro atoms. The van der Waals surface area contributed by atoms with E-state index in [-0.39, 0.29) is 11.9 Å². The molecular weight excluding hydrogens is 360 g/mol. The van der Waals surface area contributed by atoms with Gasteiger partial charge in [0.1, 0.15) is 6.04 Å². The van der Waals surface area contributed by atoms with Crippen molar-refractivity contribution in [2.75, 3.05) is 31.1 Å². The van der Waals surface area contributed by atoms with E-state index in [4.69, 9.17) is 11.6 Å². The van der Waals surface area contributed by atoms with E-state index in [0.29, 0.717) is 13.1 Å². The summed E-state index contributed by atoms with van der Waals surface area (Å²) in [6.07, 6.45) is 2.56. The lowest BCUT2D eigenvalue weighted by Crippen LogP contribution is -2.50. The molecule has 0 radical (unpaired) electrons. The molecule has 4 rings (SSSR count). The van der Waals surface area contributed by atoms with E-state index in [1.165, 1.54) is 0 Å². The maximum absolute atomic E-state index is 13.2. The summed E-state index contributed by atoms with van der Waals surface area (Å²) in [5.74, 6) is 0.150. The third-order valence-electron chi connectivity index (χ3n) is 5.24. The molecule has 1 unspecified atom stereocenters. The minimum atomic E-state index is -0.261. The fraction of sp³-hybridized carbons (Fsp3) is 0.333. The molecule has 1 aliphatic heterocycles. The maximum atomic E-state index is 13.2. The van der Waals surface area contributed by atoms with Crippen LogP contribution in [0.25, 0.3) is 10.9 Å². The van der Waals surface area contributed by atoms with Gasteiger partial charge in [-0.2, -0.15) is 5.10 Å². The summed E-state index contributed by atoms with van der Waals surface area (Å²) in [6.45, 7) is 5.08. The van der Waals surface area contributed by atoms with Gasteiger partial charge in [-0.05, 0) is 30.7 Å². The number of rotatable bonds is 4. The van der Waals surface area contributed by atoms with Gasteiger partial charge in [-0.15, -0.1) is 0 Å². The van der Waals surface area contributed by atoms with Gasteiger partial charge in [0.2, 0.25) is 5.91 Å². The highest BCUT2D eigenvalue weighted by Crippen LogP contribution is 2.24. The second-order valence-corrected chi connectivity index (χ2v) is 7.30. The van der Waals surface area contributed by atoms with Gasteiger partial charge in [0.15, 0.2) is 0 Å². The lowest BCUT2D eigenvalue weighted by atomic mass is 10.1. The number of amides is 1. The standard InChI is InChI=1S/C21H23ClN4O/c1-2-19(26-20-9-4-3-6-16(20)15-23-26)21(27)25-12-10-24(11-13-25)18-8-5-7-17(22)14-18/h3-9,14-15,19H,2,10-13H2,1H3. The minimum absolute atomic E-state index is 0.150. The highest BCUT2D eigenvalue weighted by atomic mass is 35.5. The van der Waals surface area contributed by atoms with Crippen LogP contribution < -0.4 is 4.90 Å². The first kappa shape index (κ1) is 17.9. The predicted octanol–water partition coefficient (Wildman–Crippen LogP) is 3.99. The number of piperazine rings is 1. The molecule has 0 saturated carbocycles. The van der Waals surface area contributed by atoms with Crippen LogP contribution in [0, 0.1) is 0 Å². The maximum Gasteiger partial charge on any atom is 0.247 e. The van der Waals surface area contributed by atoms with E-state index in [9.17, 15) is 4.79 Å². The van der Waals surface area contributed by atoms with E-state index in [1.807, 2.05) is 65.2 Å². The SMILES string of the molecule is CCC(C(=O)N1CCN(c2cccc(Cl)c2)CC1)n1ncc2ccccc21. The zero-order valence-electron chi connectivity index (χ0n) is 15.4. The molecule has 1 saturated heterocycles. The Morgan fingerprint density at radius 3 is 2.63 bits per heavy atom. The van der Waals surface area contributed by atoms with Crippen molar-refractivity contribution in [1.82, 2.24) is 14.7 Å². The molecule has 2 aromatic carbocycles. The summed E-state index contributed by atoms with van der Waals surface area (Å²) in [6, 6.07) is 15.7. The first-order valence-corrected chi connectivity index (χ1v) is 9.76. The molecule has 1 amide bonds. The molecule has 140 valence electrons. The lowest BCUT2D eigenvalue weighted by molar-refractivity contribution is -0.135. The van der Waals surface area contributed by atoms with Gasteiger partial charge in [-0.3, -0.25) is 9.48 Å². The molecule has 0 aliphatic carbocycles. The Morgan fingerprint density at radius 2 is 1.89 bits per heavy atom. The summed E-state index contributed by atoms with van der Waals surface area (Å²) < 4.78 is 1.88. The molecule has 1 aliphatic rings. The number of hydrogen-bond donors (Lipinski definition) is 0. The first-order valence-electron chi connectivity index (χ1n) is 9.39. The molecule has 1 fully saturated rings. The zero-order valence-corrected chi connectivity index (χ0v) is 16.1. The second kappa shape index (κ2) is 7.61. The average Bonchev–Trinajstić information content (AvgIpc) is 3.13. The zero-order chi connectivity index (χ0) is 18.8. The molecule has 27 heavy (non-hydrogen) atoms. The largest absolute Gasteiger partial charge is 0.368 e. The Morgan fingerprint density at radius 1 is 1.11 bits per heavy atom. The van der Waals surface area contributed by atoms with Crippen molar-refractivity contribution in [3.63, 3.8) is 0 Å². The van der Waals surface area contributed by atoms with E-state index in [0.717, 1.165) is 41.1 Å². The average molecular weight is 383 g/mol. The van der Waals surface area contributed by atoms with Gasteiger partial charge in [-0.25, -0.2) is 0 Å². The van der Waals surface area contributed by atoms with Crippen LogP contribution in [0.3, 0.4) is 0 Å². The summed E-state index contributed by atoms with van der Waals surface area (Å²) in [5.41, 5.74) is 2.12. The second-order valence-electron chi connectivity index (χ2n) is 6.86. The highest BCUT2D eigenvalue weighted by Gasteiger charge is 2.29. The number of carbonyl (C=O) groups excluding carboxylic acids is 1. The summed E-state index contributed by atoms with van der Waals surface area (Å²) >= 11 is 6.11. The van der Waals surface area contributed by atoms with Crippen LogP contribution in [-0.4, -0.2) is 46.8 Å². The lowest BCUT2D eigenvalue weighted by Gasteiger charge is -2.37. The van der Waals surface area contributed by atoms with Crippen molar-refractivity contribution in [3.8, 4) is 0 Å². The molecule has 0 N–H and O–H groups in total. The quantitative estimate of drug-likeness (QED) is 0.685. The minimum Gasteiger partial charge on any atom is -0.368 e. The van der Waals surface area contributed by atoms with E-state index < -0.39 is 0 Å². The number of aromatic nitrogens is 2. The Bertz CT molecular complexity index is 946. The summed E-state index contributed by atoms with van der Waals surface area (Å²) in [7, 11) is 0. The number of anilines is 1. The van der Waals surface area contributed by atoms with Crippen LogP contribution >= 0.6 is 11.6 Å². The summed E-state index contributed by atoms with van der Waals surface area (Å²) in [4.78, 5) is 17.4. The topological polar surface area (TPSA) is 41.4 Å². The third kappa shape index (κ3) is 3.52. The van der Waals surface area contributed by atoms with Gasteiger partial charge >= 0.3 is 0 Å². The molecule has 5 nitrogen and oxygen atoms in total. The van der Waals surface area contributed by atoms with Crippen LogP contribution in [-0.2, 0) is 4.79 Å². The van der Waals surface area contributed by atoms with Crippen LogP contribution in [0.5, 0.6) is 0 Å². The Hall–Kier alpha value is -2.53. The molecule has 1 atom stereocenters. The van der Waals surface area contributed by atoms with Crippen LogP contribution in [0.1, 0.15) is 19.4 Å². The molecule has 0 bridgehead atoms. The van der Waals surface area contributed by atoms with E-state index in [1.54, 1.807) is 0 Å². The predicted molar refractivity (Wildman–Crippen MR) is 109 cm³/mol. The molecule has 2 heterocycles. The number of benzene rings is 2. The van der Waals surface area contributed by atoms with Crippen molar-refractivity contribution in [2.45, 2.75) is 19.4 Å². The van der Waals surface area contributed by atoms with Crippen molar-refractivity contribution in [3.05, 3.63) is 59.8 Å².